The third-order valence-electron chi connectivity index (χ3n) is 5.05. The van der Waals surface area contributed by atoms with Gasteiger partial charge >= 0.3 is 0 Å². The SMILES string of the molecule is Cc1ccc(CN(CCc2ccccc2)C(=O)Cn2cnc3ccccc3c2=O)s1. The fraction of sp³-hybridized carbons (Fsp3) is 0.208. The van der Waals surface area contributed by atoms with Gasteiger partial charge in [-0.05, 0) is 43.2 Å². The number of amides is 1. The number of carbonyl (C=O) groups is 1. The molecule has 0 aliphatic heterocycles. The molecule has 2 aromatic heterocycles. The van der Waals surface area contributed by atoms with Crippen molar-refractivity contribution < 1.29 is 4.79 Å². The highest BCUT2D eigenvalue weighted by atomic mass is 32.1. The van der Waals surface area contributed by atoms with Crippen molar-refractivity contribution in [1.29, 1.82) is 0 Å². The highest BCUT2D eigenvalue weighted by Gasteiger charge is 2.17. The van der Waals surface area contributed by atoms with Crippen molar-refractivity contribution in [3.05, 3.63) is 98.7 Å². The van der Waals surface area contributed by atoms with Crippen LogP contribution in [-0.2, 0) is 24.3 Å². The van der Waals surface area contributed by atoms with E-state index >= 15 is 0 Å². The van der Waals surface area contributed by atoms with Gasteiger partial charge in [-0.2, -0.15) is 0 Å². The van der Waals surface area contributed by atoms with Gasteiger partial charge in [0.25, 0.3) is 5.56 Å². The third kappa shape index (κ3) is 4.66. The van der Waals surface area contributed by atoms with E-state index in [0.717, 1.165) is 11.3 Å². The molecule has 0 bridgehead atoms. The lowest BCUT2D eigenvalue weighted by molar-refractivity contribution is -0.132. The van der Waals surface area contributed by atoms with Crippen LogP contribution in [0.4, 0.5) is 0 Å². The molecule has 0 radical (unpaired) electrons. The first-order valence-corrected chi connectivity index (χ1v) is 10.7. The van der Waals surface area contributed by atoms with Crippen molar-refractivity contribution in [2.75, 3.05) is 6.54 Å². The van der Waals surface area contributed by atoms with E-state index in [1.807, 2.05) is 35.2 Å². The number of thiophene rings is 1. The second-order valence-corrected chi connectivity index (χ2v) is 8.63. The van der Waals surface area contributed by atoms with E-state index in [1.165, 1.54) is 21.3 Å². The molecule has 152 valence electrons. The maximum Gasteiger partial charge on any atom is 0.261 e. The molecule has 4 rings (SSSR count). The first-order valence-electron chi connectivity index (χ1n) is 9.91. The average molecular weight is 418 g/mol. The maximum absolute atomic E-state index is 13.2. The molecule has 0 N–H and O–H groups in total. The summed E-state index contributed by atoms with van der Waals surface area (Å²) in [5.41, 5.74) is 1.63. The molecule has 0 spiro atoms. The van der Waals surface area contributed by atoms with Crippen LogP contribution in [0, 0.1) is 6.92 Å². The minimum absolute atomic E-state index is 0.0180. The van der Waals surface area contributed by atoms with Gasteiger partial charge in [-0.3, -0.25) is 14.2 Å². The lowest BCUT2D eigenvalue weighted by Crippen LogP contribution is -2.37. The Hall–Kier alpha value is -3.25. The fourth-order valence-electron chi connectivity index (χ4n) is 3.42. The maximum atomic E-state index is 13.2. The summed E-state index contributed by atoms with van der Waals surface area (Å²) in [4.78, 5) is 34.5. The highest BCUT2D eigenvalue weighted by molar-refractivity contribution is 7.11. The molecule has 2 aromatic carbocycles. The molecule has 1 amide bonds. The fourth-order valence-corrected chi connectivity index (χ4v) is 4.33. The Morgan fingerprint density at radius 2 is 1.80 bits per heavy atom. The van der Waals surface area contributed by atoms with E-state index in [9.17, 15) is 9.59 Å². The summed E-state index contributed by atoms with van der Waals surface area (Å²) in [6.45, 7) is 3.18. The molecule has 0 aliphatic rings. The van der Waals surface area contributed by atoms with Gasteiger partial charge in [-0.15, -0.1) is 11.3 Å². The van der Waals surface area contributed by atoms with Gasteiger partial charge in [-0.25, -0.2) is 4.98 Å². The Labute approximate surface area is 179 Å². The van der Waals surface area contributed by atoms with Crippen LogP contribution in [0.25, 0.3) is 10.9 Å². The van der Waals surface area contributed by atoms with Crippen molar-refractivity contribution >= 4 is 28.1 Å². The van der Waals surface area contributed by atoms with E-state index in [-0.39, 0.29) is 18.0 Å². The summed E-state index contributed by atoms with van der Waals surface area (Å²) < 4.78 is 1.40. The number of benzene rings is 2. The first kappa shape index (κ1) is 20.0. The number of fused-ring (bicyclic) bond motifs is 1. The smallest absolute Gasteiger partial charge is 0.261 e. The van der Waals surface area contributed by atoms with E-state index in [2.05, 4.69) is 36.2 Å². The van der Waals surface area contributed by atoms with Gasteiger partial charge in [0.1, 0.15) is 6.54 Å². The molecular weight excluding hydrogens is 394 g/mol. The standard InChI is InChI=1S/C24H23N3O2S/c1-18-11-12-20(30-18)15-26(14-13-19-7-3-2-4-8-19)23(28)16-27-17-25-22-10-6-5-9-21(22)24(27)29/h2-12,17H,13-16H2,1H3. The molecule has 30 heavy (non-hydrogen) atoms. The van der Waals surface area contributed by atoms with Crippen molar-refractivity contribution in [2.24, 2.45) is 0 Å². The van der Waals surface area contributed by atoms with Gasteiger partial charge in [0, 0.05) is 16.3 Å². The lowest BCUT2D eigenvalue weighted by atomic mass is 10.1. The number of hydrogen-bond donors (Lipinski definition) is 0. The molecule has 4 aromatic rings. The number of aryl methyl sites for hydroxylation is 1. The Morgan fingerprint density at radius 3 is 2.57 bits per heavy atom. The van der Waals surface area contributed by atoms with Crippen LogP contribution in [0.15, 0.2) is 77.9 Å². The average Bonchev–Trinajstić information content (AvgIpc) is 3.18. The molecule has 0 atom stereocenters. The number of aromatic nitrogens is 2. The normalized spacial score (nSPS) is 11.0. The minimum Gasteiger partial charge on any atom is -0.336 e. The summed E-state index contributed by atoms with van der Waals surface area (Å²) in [5, 5.41) is 0.525. The summed E-state index contributed by atoms with van der Waals surface area (Å²) >= 11 is 1.69. The molecule has 0 saturated heterocycles. The van der Waals surface area contributed by atoms with Crippen molar-refractivity contribution in [2.45, 2.75) is 26.4 Å². The van der Waals surface area contributed by atoms with Crippen LogP contribution in [0.1, 0.15) is 15.3 Å². The van der Waals surface area contributed by atoms with Crippen LogP contribution in [0.5, 0.6) is 0 Å². The number of carbonyl (C=O) groups excluding carboxylic acids is 1. The van der Waals surface area contributed by atoms with E-state index < -0.39 is 0 Å². The molecule has 0 aliphatic carbocycles. The number of nitrogens with zero attached hydrogens (tertiary/aromatic N) is 3. The third-order valence-corrected chi connectivity index (χ3v) is 6.03. The first-order chi connectivity index (χ1) is 14.6. The molecule has 0 saturated carbocycles. The Kier molecular flexibility index (Phi) is 6.05. The topological polar surface area (TPSA) is 55.2 Å². The minimum atomic E-state index is -0.191. The largest absolute Gasteiger partial charge is 0.336 e. The Balaban J connectivity index is 1.55. The van der Waals surface area contributed by atoms with E-state index in [4.69, 9.17) is 0 Å². The van der Waals surface area contributed by atoms with Gasteiger partial charge < -0.3 is 4.90 Å². The summed E-state index contributed by atoms with van der Waals surface area (Å²) in [5.74, 6) is -0.0869. The predicted molar refractivity (Wildman–Crippen MR) is 121 cm³/mol. The zero-order chi connectivity index (χ0) is 20.9. The second kappa shape index (κ2) is 9.05. The van der Waals surface area contributed by atoms with Crippen LogP contribution in [0.3, 0.4) is 0 Å². The van der Waals surface area contributed by atoms with Gasteiger partial charge in [0.15, 0.2) is 0 Å². The highest BCUT2D eigenvalue weighted by Crippen LogP contribution is 2.18. The van der Waals surface area contributed by atoms with Gasteiger partial charge in [-0.1, -0.05) is 42.5 Å². The molecule has 6 heteroatoms. The predicted octanol–water partition coefficient (Wildman–Crippen LogP) is 4.04. The number of rotatable bonds is 7. The zero-order valence-electron chi connectivity index (χ0n) is 16.8. The summed E-state index contributed by atoms with van der Waals surface area (Å²) in [6.07, 6.45) is 2.23. The summed E-state index contributed by atoms with van der Waals surface area (Å²) in [7, 11) is 0. The van der Waals surface area contributed by atoms with Crippen LogP contribution < -0.4 is 5.56 Å². The Bertz CT molecular complexity index is 1210. The van der Waals surface area contributed by atoms with Crippen LogP contribution >= 0.6 is 11.3 Å². The molecule has 0 unspecified atom stereocenters. The van der Waals surface area contributed by atoms with E-state index in [1.54, 1.807) is 23.5 Å². The zero-order valence-corrected chi connectivity index (χ0v) is 17.6. The monoisotopic (exact) mass is 417 g/mol. The Morgan fingerprint density at radius 1 is 1.03 bits per heavy atom. The van der Waals surface area contributed by atoms with Crippen molar-refractivity contribution in [3.8, 4) is 0 Å². The van der Waals surface area contributed by atoms with Gasteiger partial charge in [0.05, 0.1) is 23.8 Å². The second-order valence-electron chi connectivity index (χ2n) is 7.26. The van der Waals surface area contributed by atoms with Crippen LogP contribution in [0.2, 0.25) is 0 Å². The van der Waals surface area contributed by atoms with Crippen molar-refractivity contribution in [3.63, 3.8) is 0 Å². The molecule has 5 nitrogen and oxygen atoms in total. The molecule has 0 fully saturated rings. The van der Waals surface area contributed by atoms with E-state index in [0.29, 0.717) is 24.0 Å². The quantitative estimate of drug-likeness (QED) is 0.456. The lowest BCUT2D eigenvalue weighted by Gasteiger charge is -2.23. The molecular formula is C24H23N3O2S. The van der Waals surface area contributed by atoms with Crippen molar-refractivity contribution in [1.82, 2.24) is 14.5 Å². The number of hydrogen-bond acceptors (Lipinski definition) is 4. The molecule has 2 heterocycles. The summed E-state index contributed by atoms with van der Waals surface area (Å²) in [6, 6.07) is 21.5. The van der Waals surface area contributed by atoms with Crippen LogP contribution in [-0.4, -0.2) is 26.9 Å². The van der Waals surface area contributed by atoms with Gasteiger partial charge in [0.2, 0.25) is 5.91 Å². The number of para-hydroxylation sites is 1.